The van der Waals surface area contributed by atoms with Gasteiger partial charge in [-0.1, -0.05) is 18.2 Å². The highest BCUT2D eigenvalue weighted by Gasteiger charge is 2.29. The number of hydrogen-bond acceptors (Lipinski definition) is 5. The Labute approximate surface area is 198 Å². The van der Waals surface area contributed by atoms with Gasteiger partial charge in [0.05, 0.1) is 17.1 Å². The number of benzene rings is 1. The van der Waals surface area contributed by atoms with Gasteiger partial charge in [-0.25, -0.2) is 18.8 Å². The highest BCUT2D eigenvalue weighted by atomic mass is 32.2. The van der Waals surface area contributed by atoms with Crippen LogP contribution in [-0.4, -0.2) is 30.1 Å². The van der Waals surface area contributed by atoms with Crippen molar-refractivity contribution in [3.8, 4) is 5.69 Å². The fourth-order valence-corrected chi connectivity index (χ4v) is 5.61. The van der Waals surface area contributed by atoms with Crippen LogP contribution in [0, 0.1) is 0 Å². The van der Waals surface area contributed by atoms with Crippen molar-refractivity contribution in [2.75, 3.05) is 5.32 Å². The average molecular weight is 481 g/mol. The number of aryl methyl sites for hydroxylation is 2. The topological polar surface area (TPSA) is 135 Å². The van der Waals surface area contributed by atoms with E-state index in [1.54, 1.807) is 26.0 Å². The van der Waals surface area contributed by atoms with Gasteiger partial charge in [0, 0.05) is 17.5 Å². The maximum Gasteiger partial charge on any atom is 0.354 e. The molecule has 0 fully saturated rings. The van der Waals surface area contributed by atoms with E-state index in [4.69, 9.17) is 10.1 Å². The molecular formula is C24H28N6O3S. The van der Waals surface area contributed by atoms with Crippen LogP contribution in [0.3, 0.4) is 0 Å². The van der Waals surface area contributed by atoms with Crippen molar-refractivity contribution >= 4 is 21.6 Å². The zero-order chi connectivity index (χ0) is 24.1. The number of rotatable bonds is 4. The minimum atomic E-state index is -3.67. The van der Waals surface area contributed by atoms with E-state index in [1.165, 1.54) is 10.7 Å². The van der Waals surface area contributed by atoms with Gasteiger partial charge in [0.25, 0.3) is 0 Å². The molecule has 1 aromatic carbocycles. The zero-order valence-electron chi connectivity index (χ0n) is 19.2. The second-order valence-electron chi connectivity index (χ2n) is 9.31. The highest BCUT2D eigenvalue weighted by molar-refractivity contribution is 7.91. The van der Waals surface area contributed by atoms with E-state index >= 15 is 0 Å². The zero-order valence-corrected chi connectivity index (χ0v) is 20.1. The normalized spacial score (nSPS) is 16.6. The molecule has 2 heterocycles. The summed E-state index contributed by atoms with van der Waals surface area (Å²) in [7, 11) is -3.67. The van der Waals surface area contributed by atoms with Crippen LogP contribution in [0.15, 0.2) is 45.8 Å². The molecule has 2 aromatic heterocycles. The van der Waals surface area contributed by atoms with Gasteiger partial charge < -0.3 is 10.4 Å². The fourth-order valence-electron chi connectivity index (χ4n) is 4.74. The molecule has 5 rings (SSSR count). The van der Waals surface area contributed by atoms with Crippen LogP contribution in [0.5, 0.6) is 0 Å². The standard InChI is InChI=1S/C24H28N6O3S/c1-24(2,32)20-14-21(28-30(20)15-8-4-3-5-9-15)34(25,33)29-23(31)27-22-16-10-6-12-18(16)26-19-13-7-11-17(19)22/h3-5,8-9,14,32H,6-7,10-13H2,1-2H3,(H3,25,26,27,29,31,33). The highest BCUT2D eigenvalue weighted by Crippen LogP contribution is 2.36. The van der Waals surface area contributed by atoms with Crippen molar-refractivity contribution in [2.24, 2.45) is 9.50 Å². The third-order valence-corrected chi connectivity index (χ3v) is 7.55. The molecule has 9 nitrogen and oxygen atoms in total. The van der Waals surface area contributed by atoms with E-state index in [1.807, 2.05) is 18.2 Å². The first-order chi connectivity index (χ1) is 16.1. The molecule has 2 amide bonds. The Morgan fingerprint density at radius 1 is 1.12 bits per heavy atom. The van der Waals surface area contributed by atoms with Gasteiger partial charge in [0.1, 0.15) is 5.60 Å². The number of para-hydroxylation sites is 1. The molecule has 0 spiro atoms. The maximum atomic E-state index is 13.4. The fraction of sp³-hybridized carbons (Fsp3) is 0.375. The summed E-state index contributed by atoms with van der Waals surface area (Å²) < 4.78 is 18.7. The SMILES string of the molecule is CC(C)(O)c1cc(S(N)(=O)=NC(=O)Nc2c3c(nc4c2CCC4)CCC3)nn1-c1ccccc1. The minimum absolute atomic E-state index is 0.0752. The number of pyridine rings is 1. The van der Waals surface area contributed by atoms with E-state index in [0.29, 0.717) is 11.4 Å². The first-order valence-corrected chi connectivity index (χ1v) is 13.0. The van der Waals surface area contributed by atoms with Crippen molar-refractivity contribution in [3.05, 3.63) is 64.6 Å². The molecule has 4 N–H and O–H groups in total. The third-order valence-electron chi connectivity index (χ3n) is 6.32. The molecule has 3 aromatic rings. The van der Waals surface area contributed by atoms with Gasteiger partial charge in [-0.15, -0.1) is 4.36 Å². The number of carbonyl (C=O) groups excluding carboxylic acids is 1. The van der Waals surface area contributed by atoms with Crippen molar-refractivity contribution in [1.82, 2.24) is 14.8 Å². The lowest BCUT2D eigenvalue weighted by Crippen LogP contribution is -2.20. The maximum absolute atomic E-state index is 13.4. The number of nitrogens with two attached hydrogens (primary N) is 1. The van der Waals surface area contributed by atoms with Crippen molar-refractivity contribution < 1.29 is 14.1 Å². The summed E-state index contributed by atoms with van der Waals surface area (Å²) in [6, 6.07) is 9.78. The molecule has 10 heteroatoms. The first kappa shape index (κ1) is 22.7. The predicted molar refractivity (Wildman–Crippen MR) is 129 cm³/mol. The quantitative estimate of drug-likeness (QED) is 0.526. The van der Waals surface area contributed by atoms with E-state index in [-0.39, 0.29) is 5.03 Å². The van der Waals surface area contributed by atoms with Gasteiger partial charge in [0.2, 0.25) is 0 Å². The number of urea groups is 1. The lowest BCUT2D eigenvalue weighted by atomic mass is 10.1. The Hall–Kier alpha value is -3.08. The first-order valence-electron chi connectivity index (χ1n) is 11.4. The average Bonchev–Trinajstić information content (AvgIpc) is 3.52. The molecule has 0 radical (unpaired) electrons. The van der Waals surface area contributed by atoms with Crippen LogP contribution in [0.4, 0.5) is 10.5 Å². The summed E-state index contributed by atoms with van der Waals surface area (Å²) in [5.41, 5.74) is 4.65. The number of hydrogen-bond donors (Lipinski definition) is 3. The Bertz CT molecular complexity index is 1370. The Balaban J connectivity index is 1.51. The van der Waals surface area contributed by atoms with E-state index in [9.17, 15) is 14.1 Å². The van der Waals surface area contributed by atoms with Crippen LogP contribution in [0.1, 0.15) is 54.9 Å². The Kier molecular flexibility index (Phi) is 5.54. The van der Waals surface area contributed by atoms with Crippen LogP contribution < -0.4 is 10.5 Å². The predicted octanol–water partition coefficient (Wildman–Crippen LogP) is 3.40. The largest absolute Gasteiger partial charge is 0.384 e. The molecule has 0 bridgehead atoms. The molecule has 34 heavy (non-hydrogen) atoms. The van der Waals surface area contributed by atoms with Crippen LogP contribution in [-0.2, 0) is 41.2 Å². The van der Waals surface area contributed by atoms with Crippen molar-refractivity contribution in [1.29, 1.82) is 0 Å². The summed E-state index contributed by atoms with van der Waals surface area (Å²) in [6.07, 6.45) is 5.48. The number of aromatic nitrogens is 3. The van der Waals surface area contributed by atoms with Crippen molar-refractivity contribution in [2.45, 2.75) is 63.0 Å². The third kappa shape index (κ3) is 4.13. The van der Waals surface area contributed by atoms with E-state index in [2.05, 4.69) is 14.8 Å². The van der Waals surface area contributed by atoms with Gasteiger partial charge >= 0.3 is 6.03 Å². The van der Waals surface area contributed by atoms with Gasteiger partial charge in [0.15, 0.2) is 14.9 Å². The lowest BCUT2D eigenvalue weighted by molar-refractivity contribution is 0.0711. The van der Waals surface area contributed by atoms with Gasteiger partial charge in [-0.2, -0.15) is 5.10 Å². The molecule has 1 unspecified atom stereocenters. The minimum Gasteiger partial charge on any atom is -0.384 e. The van der Waals surface area contributed by atoms with Gasteiger partial charge in [-0.3, -0.25) is 4.98 Å². The van der Waals surface area contributed by atoms with Crippen LogP contribution in [0.2, 0.25) is 0 Å². The van der Waals surface area contributed by atoms with Crippen LogP contribution in [0.25, 0.3) is 5.69 Å². The molecule has 178 valence electrons. The molecule has 0 aliphatic heterocycles. The molecule has 1 atom stereocenters. The number of anilines is 1. The molecule has 0 saturated heterocycles. The molecule has 2 aliphatic rings. The van der Waals surface area contributed by atoms with E-state index < -0.39 is 21.5 Å². The Morgan fingerprint density at radius 3 is 2.32 bits per heavy atom. The smallest absolute Gasteiger partial charge is 0.354 e. The Morgan fingerprint density at radius 2 is 1.74 bits per heavy atom. The number of amides is 2. The number of fused-ring (bicyclic) bond motifs is 2. The summed E-state index contributed by atoms with van der Waals surface area (Å²) >= 11 is 0. The second kappa shape index (κ2) is 8.30. The number of aliphatic hydroxyl groups is 1. The molecule has 2 aliphatic carbocycles. The number of nitrogens with zero attached hydrogens (tertiary/aromatic N) is 4. The summed E-state index contributed by atoms with van der Waals surface area (Å²) in [4.78, 5) is 17.7. The summed E-state index contributed by atoms with van der Waals surface area (Å²) in [5, 5.41) is 23.9. The summed E-state index contributed by atoms with van der Waals surface area (Å²) in [6.45, 7) is 3.19. The van der Waals surface area contributed by atoms with Gasteiger partial charge in [-0.05, 0) is 75.6 Å². The molecular weight excluding hydrogens is 452 g/mol. The summed E-state index contributed by atoms with van der Waals surface area (Å²) in [5.74, 6) is 0. The molecule has 0 saturated carbocycles. The van der Waals surface area contributed by atoms with Crippen molar-refractivity contribution in [3.63, 3.8) is 0 Å². The lowest BCUT2D eigenvalue weighted by Gasteiger charge is -2.18. The number of nitrogens with one attached hydrogen (secondary N) is 1. The monoisotopic (exact) mass is 480 g/mol. The number of carbonyl (C=O) groups is 1. The van der Waals surface area contributed by atoms with E-state index in [0.717, 1.165) is 66.7 Å². The second-order valence-corrected chi connectivity index (χ2v) is 11.0. The van der Waals surface area contributed by atoms with Crippen LogP contribution >= 0.6 is 0 Å².